The highest BCUT2D eigenvalue weighted by Gasteiger charge is 2.51. The molecule has 14 nitrogen and oxygen atoms in total. The normalized spacial score (nSPS) is 25.3. The molecule has 2 aliphatic rings. The molecule has 0 bridgehead atoms. The zero-order valence-electron chi connectivity index (χ0n) is 47.3. The van der Waals surface area contributed by atoms with E-state index in [0.29, 0.717) is 12.8 Å². The molecule has 2 fully saturated rings. The van der Waals surface area contributed by atoms with Gasteiger partial charge in [-0.25, -0.2) is 0 Å². The molecule has 1 amide bonds. The molecule has 2 aliphatic heterocycles. The van der Waals surface area contributed by atoms with E-state index >= 15 is 0 Å². The molecule has 0 aromatic carbocycles. The van der Waals surface area contributed by atoms with Crippen molar-refractivity contribution in [3.05, 3.63) is 36.5 Å². The van der Waals surface area contributed by atoms with Gasteiger partial charge in [-0.2, -0.15) is 0 Å². The number of carbonyl (C=O) groups is 1. The lowest BCUT2D eigenvalue weighted by Gasteiger charge is -2.46. The van der Waals surface area contributed by atoms with E-state index in [4.69, 9.17) is 18.9 Å². The van der Waals surface area contributed by atoms with Crippen LogP contribution in [-0.4, -0.2) is 140 Å². The predicted octanol–water partition coefficient (Wildman–Crippen LogP) is 10.6. The quantitative estimate of drug-likeness (QED) is 0.0204. The lowest BCUT2D eigenvalue weighted by molar-refractivity contribution is -0.359. The van der Waals surface area contributed by atoms with E-state index in [9.17, 15) is 45.6 Å². The Labute approximate surface area is 455 Å². The van der Waals surface area contributed by atoms with Crippen molar-refractivity contribution in [2.45, 2.75) is 325 Å². The maximum atomic E-state index is 13.2. The second kappa shape index (κ2) is 47.1. The number of aliphatic hydroxyl groups is 8. The maximum absolute atomic E-state index is 13.2. The van der Waals surface area contributed by atoms with Crippen LogP contribution in [0.3, 0.4) is 0 Å². The fraction of sp³-hybridized carbons (Fsp3) is 0.885. The number of rotatable bonds is 49. The van der Waals surface area contributed by atoms with Gasteiger partial charge in [-0.05, 0) is 51.4 Å². The van der Waals surface area contributed by atoms with Gasteiger partial charge < -0.3 is 65.1 Å². The third-order valence-electron chi connectivity index (χ3n) is 15.0. The van der Waals surface area contributed by atoms with Crippen molar-refractivity contribution in [1.82, 2.24) is 5.32 Å². The van der Waals surface area contributed by atoms with Gasteiger partial charge >= 0.3 is 0 Å². The van der Waals surface area contributed by atoms with Crippen LogP contribution in [0.1, 0.15) is 251 Å². The lowest BCUT2D eigenvalue weighted by atomic mass is 9.97. The number of nitrogens with one attached hydrogen (secondary N) is 1. The summed E-state index contributed by atoms with van der Waals surface area (Å²) in [4.78, 5) is 13.2. The molecule has 12 unspecified atom stereocenters. The first-order valence-electron chi connectivity index (χ1n) is 30.7. The van der Waals surface area contributed by atoms with E-state index in [-0.39, 0.29) is 18.9 Å². The maximum Gasteiger partial charge on any atom is 0.220 e. The number of amides is 1. The van der Waals surface area contributed by atoms with E-state index in [1.54, 1.807) is 6.08 Å². The molecule has 0 aromatic rings. The summed E-state index contributed by atoms with van der Waals surface area (Å²) in [6.07, 6.45) is 40.8. The number of hydrogen-bond donors (Lipinski definition) is 9. The van der Waals surface area contributed by atoms with E-state index in [1.807, 2.05) is 6.08 Å². The second-order valence-electron chi connectivity index (χ2n) is 21.8. The van der Waals surface area contributed by atoms with Crippen LogP contribution in [0.25, 0.3) is 0 Å². The van der Waals surface area contributed by atoms with E-state index in [1.165, 1.54) is 167 Å². The highest BCUT2D eigenvalue weighted by Crippen LogP contribution is 2.30. The number of unbranched alkanes of at least 4 members (excludes halogenated alkanes) is 32. The molecule has 14 heteroatoms. The lowest BCUT2D eigenvalue weighted by Crippen LogP contribution is -2.65. The molecule has 0 aliphatic carbocycles. The van der Waals surface area contributed by atoms with Crippen LogP contribution < -0.4 is 5.32 Å². The number of aliphatic hydroxyl groups excluding tert-OH is 8. The third kappa shape index (κ3) is 32.8. The molecule has 0 aromatic heterocycles. The molecular formula is C61H113NO13. The molecule has 0 spiro atoms. The minimum Gasteiger partial charge on any atom is -0.394 e. The van der Waals surface area contributed by atoms with Crippen LogP contribution in [0.5, 0.6) is 0 Å². The van der Waals surface area contributed by atoms with Crippen LogP contribution in [0.15, 0.2) is 36.5 Å². The first kappa shape index (κ1) is 69.3. The van der Waals surface area contributed by atoms with Gasteiger partial charge in [0.05, 0.1) is 32.0 Å². The van der Waals surface area contributed by atoms with Crippen LogP contribution >= 0.6 is 0 Å². The van der Waals surface area contributed by atoms with Gasteiger partial charge in [0.2, 0.25) is 5.91 Å². The SMILES string of the molecule is CCCC/C=C\CCCCCCCC(=O)NC(COC1OC(CO)C(OC2OC(CO)C(O)C(O)C2O)C(O)C1O)C(O)/C=C/CC/C=C/CCCCCCCCCCCCCCCCCCCCCCCCCC. The van der Waals surface area contributed by atoms with Gasteiger partial charge in [-0.1, -0.05) is 230 Å². The topological polar surface area (TPSA) is 228 Å². The van der Waals surface area contributed by atoms with Gasteiger partial charge in [0.25, 0.3) is 0 Å². The molecule has 440 valence electrons. The monoisotopic (exact) mass is 1070 g/mol. The fourth-order valence-electron chi connectivity index (χ4n) is 10.1. The summed E-state index contributed by atoms with van der Waals surface area (Å²) >= 11 is 0. The van der Waals surface area contributed by atoms with Crippen molar-refractivity contribution in [3.8, 4) is 0 Å². The Morgan fingerprint density at radius 3 is 1.35 bits per heavy atom. The van der Waals surface area contributed by atoms with Crippen molar-refractivity contribution in [1.29, 1.82) is 0 Å². The van der Waals surface area contributed by atoms with Crippen LogP contribution in [0.4, 0.5) is 0 Å². The first-order chi connectivity index (χ1) is 36.6. The van der Waals surface area contributed by atoms with Crippen molar-refractivity contribution in [2.24, 2.45) is 0 Å². The van der Waals surface area contributed by atoms with Crippen LogP contribution in [0.2, 0.25) is 0 Å². The predicted molar refractivity (Wildman–Crippen MR) is 300 cm³/mol. The van der Waals surface area contributed by atoms with Crippen LogP contribution in [-0.2, 0) is 23.7 Å². The summed E-state index contributed by atoms with van der Waals surface area (Å²) in [6.45, 7) is 2.74. The summed E-state index contributed by atoms with van der Waals surface area (Å²) in [6, 6.07) is -0.934. The largest absolute Gasteiger partial charge is 0.394 e. The molecule has 2 saturated heterocycles. The smallest absolute Gasteiger partial charge is 0.220 e. The van der Waals surface area contributed by atoms with Crippen molar-refractivity contribution in [2.75, 3.05) is 19.8 Å². The van der Waals surface area contributed by atoms with Gasteiger partial charge in [0.1, 0.15) is 48.8 Å². The highest BCUT2D eigenvalue weighted by atomic mass is 16.7. The molecule has 9 N–H and O–H groups in total. The van der Waals surface area contributed by atoms with Crippen molar-refractivity contribution >= 4 is 5.91 Å². The standard InChI is InChI=1S/C61H113NO13/c1-3-5-7-9-11-13-15-16-17-18-19-20-21-22-23-24-25-26-27-28-29-30-31-32-33-35-36-38-40-42-44-50(65)49(62-53(66)45-43-41-39-37-34-14-12-10-8-6-4-2)48-72-60-58(71)56(69)59(52(47-64)74-60)75-61-57(70)55(68)54(67)51(46-63)73-61/h10,12,35-36,42,44,49-52,54-61,63-65,67-71H,3-9,11,13-34,37-41,43,45-48H2,1-2H3,(H,62,66)/b12-10-,36-35+,44-42+. The Hall–Kier alpha value is -1.79. The summed E-state index contributed by atoms with van der Waals surface area (Å²) < 4.78 is 22.7. The molecule has 0 saturated carbocycles. The Morgan fingerprint density at radius 1 is 0.467 bits per heavy atom. The van der Waals surface area contributed by atoms with Gasteiger partial charge in [0, 0.05) is 6.42 Å². The van der Waals surface area contributed by atoms with Gasteiger partial charge in [-0.15, -0.1) is 0 Å². The Bertz CT molecular complexity index is 1400. The number of allylic oxidation sites excluding steroid dienone is 5. The number of ether oxygens (including phenoxy) is 4. The summed E-state index contributed by atoms with van der Waals surface area (Å²) in [5, 5.41) is 86.9. The summed E-state index contributed by atoms with van der Waals surface area (Å²) in [5.74, 6) is -0.259. The molecular weight excluding hydrogens is 955 g/mol. The average molecular weight is 1070 g/mol. The Morgan fingerprint density at radius 2 is 0.867 bits per heavy atom. The number of hydrogen-bond acceptors (Lipinski definition) is 13. The fourth-order valence-corrected chi connectivity index (χ4v) is 10.1. The first-order valence-corrected chi connectivity index (χ1v) is 30.7. The minimum absolute atomic E-state index is 0.259. The third-order valence-corrected chi connectivity index (χ3v) is 15.0. The molecule has 75 heavy (non-hydrogen) atoms. The highest BCUT2D eigenvalue weighted by molar-refractivity contribution is 5.76. The molecule has 0 radical (unpaired) electrons. The summed E-state index contributed by atoms with van der Waals surface area (Å²) in [7, 11) is 0. The van der Waals surface area contributed by atoms with Crippen molar-refractivity contribution in [3.63, 3.8) is 0 Å². The van der Waals surface area contributed by atoms with Crippen LogP contribution in [0, 0.1) is 0 Å². The van der Waals surface area contributed by atoms with Gasteiger partial charge in [0.15, 0.2) is 12.6 Å². The Balaban J connectivity index is 1.69. The second-order valence-corrected chi connectivity index (χ2v) is 21.8. The zero-order chi connectivity index (χ0) is 54.6. The zero-order valence-corrected chi connectivity index (χ0v) is 47.3. The average Bonchev–Trinajstić information content (AvgIpc) is 3.41. The molecule has 2 heterocycles. The van der Waals surface area contributed by atoms with Crippen molar-refractivity contribution < 1.29 is 64.6 Å². The van der Waals surface area contributed by atoms with E-state index in [0.717, 1.165) is 51.4 Å². The Kier molecular flexibility index (Phi) is 43.5. The van der Waals surface area contributed by atoms with Gasteiger partial charge in [-0.3, -0.25) is 4.79 Å². The van der Waals surface area contributed by atoms with E-state index in [2.05, 4.69) is 43.5 Å². The molecule has 12 atom stereocenters. The molecule has 2 rings (SSSR count). The summed E-state index contributed by atoms with van der Waals surface area (Å²) in [5.41, 5.74) is 0. The van der Waals surface area contributed by atoms with E-state index < -0.39 is 86.8 Å². The number of carbonyl (C=O) groups excluding carboxylic acids is 1. The minimum atomic E-state index is -1.79.